The van der Waals surface area contributed by atoms with E-state index in [1.807, 2.05) is 13.0 Å². The molecule has 0 amide bonds. The number of hydrogen-bond acceptors (Lipinski definition) is 5. The Labute approximate surface area is 284 Å². The molecule has 1 aliphatic carbocycles. The van der Waals surface area contributed by atoms with Crippen LogP contribution < -0.4 is 0 Å². The van der Waals surface area contributed by atoms with Crippen LogP contribution in [-0.2, 0) is 16.0 Å². The van der Waals surface area contributed by atoms with Crippen LogP contribution in [0.2, 0.25) is 0 Å². The number of rotatable bonds is 6. The van der Waals surface area contributed by atoms with Crippen molar-refractivity contribution < 1.29 is 9.53 Å². The van der Waals surface area contributed by atoms with Crippen LogP contribution in [0.4, 0.5) is 0 Å². The molecule has 1 fully saturated rings. The van der Waals surface area contributed by atoms with E-state index in [0.29, 0.717) is 18.6 Å². The molecule has 1 saturated heterocycles. The summed E-state index contributed by atoms with van der Waals surface area (Å²) in [5.41, 5.74) is 15.9. The van der Waals surface area contributed by atoms with Crippen molar-refractivity contribution in [2.45, 2.75) is 88.0 Å². The predicted octanol–water partition coefficient (Wildman–Crippen LogP) is 9.18. The van der Waals surface area contributed by atoms with Gasteiger partial charge >= 0.3 is 286 Å². The van der Waals surface area contributed by atoms with Crippen molar-refractivity contribution in [1.29, 1.82) is 0 Å². The summed E-state index contributed by atoms with van der Waals surface area (Å²) in [4.78, 5) is 24.6. The van der Waals surface area contributed by atoms with Crippen LogP contribution >= 0.6 is 17.8 Å². The third-order valence-electron chi connectivity index (χ3n) is 11.2. The summed E-state index contributed by atoms with van der Waals surface area (Å²) in [6, 6.07) is 0. The summed E-state index contributed by atoms with van der Waals surface area (Å²) < 4.78 is 10.4. The second-order valence-corrected chi connectivity index (χ2v) is 26.8. The molecular weight excluding hydrogens is 722 g/mol. The van der Waals surface area contributed by atoms with Gasteiger partial charge in [0, 0.05) is 0 Å². The second-order valence-electron chi connectivity index (χ2n) is 13.0. The summed E-state index contributed by atoms with van der Waals surface area (Å²) in [5.74, 6) is -0.415. The fraction of sp³-hybridized carbons (Fsp3) is 0.432. The van der Waals surface area contributed by atoms with Crippen molar-refractivity contribution >= 4 is 64.1 Å². The van der Waals surface area contributed by atoms with E-state index in [1.165, 1.54) is 27.8 Å². The van der Waals surface area contributed by atoms with Gasteiger partial charge in [0.25, 0.3) is 0 Å². The molecule has 1 aromatic heterocycles. The zero-order chi connectivity index (χ0) is 33.0. The van der Waals surface area contributed by atoms with E-state index in [2.05, 4.69) is 79.5 Å². The standard InChI is InChI=1S/C37H43N4O2.2ClH.Sn/c1-10-23-19(6)29-17-33-25(12-3)21(8)34(40-33)26-15-27(36(42)43-14-5)37(13-4)22(9)30(41-35(26)37)18-32-24(11-2)20(7)28(39-32)16-31(23)38-29;;;/h15-18,22H,10-14H2,1-9H3,(H-,38,39,40,41,42);2*1H;/q-1;;;+4/p-3/t22-,37-;;;/m1.../s1. The van der Waals surface area contributed by atoms with Gasteiger partial charge in [0.05, 0.1) is 0 Å². The molecule has 2 atom stereocenters. The molecule has 6 nitrogen and oxygen atoms in total. The zero-order valence-electron chi connectivity index (χ0n) is 28.3. The van der Waals surface area contributed by atoms with Crippen LogP contribution in [0.1, 0.15) is 97.2 Å². The SMILES string of the molecule is CCOC(=O)C1=CC2=C3[N]4C(=CC5=NC(=Cc6c(CC)c(C)c([n]6[Sn]4([Cl])[Cl])C=C4N=C2C(C)=C4CC)C(C)=C5CC)[C@@H](C)[C@]13CC. The van der Waals surface area contributed by atoms with E-state index in [1.54, 1.807) is 0 Å². The third-order valence-corrected chi connectivity index (χ3v) is 21.6. The van der Waals surface area contributed by atoms with Crippen LogP contribution in [0.25, 0.3) is 12.2 Å². The van der Waals surface area contributed by atoms with Gasteiger partial charge < -0.3 is 0 Å². The molecule has 5 aliphatic heterocycles. The van der Waals surface area contributed by atoms with Gasteiger partial charge in [-0.1, -0.05) is 0 Å². The minimum atomic E-state index is -4.77. The van der Waals surface area contributed by atoms with E-state index in [4.69, 9.17) is 32.6 Å². The normalized spacial score (nSPS) is 25.5. The number of allylic oxidation sites excluding steroid dienone is 9. The van der Waals surface area contributed by atoms with Gasteiger partial charge in [-0.05, 0) is 0 Å². The van der Waals surface area contributed by atoms with Crippen molar-refractivity contribution in [3.63, 3.8) is 0 Å². The Morgan fingerprint density at radius 1 is 0.913 bits per heavy atom. The van der Waals surface area contributed by atoms with Gasteiger partial charge in [-0.25, -0.2) is 0 Å². The summed E-state index contributed by atoms with van der Waals surface area (Å²) in [7, 11) is 16.3. The molecule has 0 unspecified atom stereocenters. The molecule has 6 bridgehead atoms. The first kappa shape index (κ1) is 32.0. The van der Waals surface area contributed by atoms with Crippen molar-refractivity contribution in [3.8, 4) is 0 Å². The average Bonchev–Trinajstić information content (AvgIpc) is 3.75. The minimum absolute atomic E-state index is 0.123. The van der Waals surface area contributed by atoms with Gasteiger partial charge in [-0.2, -0.15) is 0 Å². The van der Waals surface area contributed by atoms with E-state index in [0.717, 1.165) is 76.0 Å². The molecule has 6 heterocycles. The summed E-state index contributed by atoms with van der Waals surface area (Å²) in [6.07, 6.45) is 11.9. The fourth-order valence-corrected chi connectivity index (χ4v) is 20.6. The predicted molar refractivity (Wildman–Crippen MR) is 192 cm³/mol. The molecule has 0 saturated carbocycles. The first-order valence-electron chi connectivity index (χ1n) is 16.7. The average molecular weight is 764 g/mol. The molecule has 240 valence electrons. The number of fused-ring (bicyclic) bond motifs is 3. The van der Waals surface area contributed by atoms with Gasteiger partial charge in [0.2, 0.25) is 0 Å². The Morgan fingerprint density at radius 3 is 2.24 bits per heavy atom. The molecule has 7 rings (SSSR count). The fourth-order valence-electron chi connectivity index (χ4n) is 8.92. The molecule has 0 radical (unpaired) electrons. The Balaban J connectivity index is 1.71. The molecule has 46 heavy (non-hydrogen) atoms. The molecule has 9 heteroatoms. The number of aromatic nitrogens is 1. The number of esters is 1. The van der Waals surface area contributed by atoms with Crippen LogP contribution in [-0.4, -0.2) is 46.6 Å². The number of nitrogens with zero attached hydrogens (tertiary/aromatic N) is 4. The van der Waals surface area contributed by atoms with Crippen molar-refractivity contribution in [1.82, 2.24) is 5.91 Å². The number of halogens is 2. The maximum atomic E-state index is 14.0. The molecule has 6 aliphatic rings. The molecule has 0 spiro atoms. The van der Waals surface area contributed by atoms with E-state index in [9.17, 15) is 4.79 Å². The van der Waals surface area contributed by atoms with Crippen molar-refractivity contribution in [2.24, 2.45) is 21.3 Å². The maximum absolute atomic E-state index is 14.0. The van der Waals surface area contributed by atoms with Crippen molar-refractivity contribution in [3.05, 3.63) is 90.9 Å². The second kappa shape index (κ2) is 11.0. The monoisotopic (exact) mass is 764 g/mol. The van der Waals surface area contributed by atoms with E-state index < -0.39 is 22.1 Å². The quantitative estimate of drug-likeness (QED) is 0.215. The Hall–Kier alpha value is -2.55. The first-order valence-corrected chi connectivity index (χ1v) is 26.5. The number of ether oxygens (including phenoxy) is 1. The summed E-state index contributed by atoms with van der Waals surface area (Å²) in [6.45, 7) is 19.6. The van der Waals surface area contributed by atoms with Gasteiger partial charge in [-0.3, -0.25) is 0 Å². The molecule has 0 N–H and O–H groups in total. The number of hydrogen-bond donors (Lipinski definition) is 0. The van der Waals surface area contributed by atoms with Crippen molar-refractivity contribution in [2.75, 3.05) is 6.61 Å². The number of carbonyl (C=O) groups is 1. The van der Waals surface area contributed by atoms with Gasteiger partial charge in [-0.15, -0.1) is 0 Å². The number of carbonyl (C=O) groups excluding carboxylic acids is 1. The third kappa shape index (κ3) is 3.92. The topological polar surface area (TPSA) is 59.2 Å². The molecule has 0 aromatic carbocycles. The van der Waals surface area contributed by atoms with E-state index in [-0.39, 0.29) is 11.9 Å². The van der Waals surface area contributed by atoms with Crippen LogP contribution in [0.3, 0.4) is 0 Å². The number of aliphatic imine (C=N–C) groups is 2. The first-order chi connectivity index (χ1) is 21.9. The van der Waals surface area contributed by atoms with Crippen LogP contribution in [0.15, 0.2) is 78.4 Å². The Morgan fingerprint density at radius 2 is 1.61 bits per heavy atom. The van der Waals surface area contributed by atoms with Gasteiger partial charge in [0.15, 0.2) is 0 Å². The van der Waals surface area contributed by atoms with Crippen LogP contribution in [0, 0.1) is 18.3 Å². The van der Waals surface area contributed by atoms with Gasteiger partial charge in [0.1, 0.15) is 0 Å². The molecule has 1 aromatic rings. The Kier molecular flexibility index (Phi) is 7.65. The zero-order valence-corrected chi connectivity index (χ0v) is 32.6. The van der Waals surface area contributed by atoms with E-state index >= 15 is 0 Å². The summed E-state index contributed by atoms with van der Waals surface area (Å²) in [5, 5.41) is 0. The summed E-state index contributed by atoms with van der Waals surface area (Å²) >= 11 is -4.77. The Bertz CT molecular complexity index is 1940. The molecular formula is C37H42Cl2N4O2Sn. The van der Waals surface area contributed by atoms with Crippen LogP contribution in [0.5, 0.6) is 0 Å².